The Morgan fingerprint density at radius 2 is 1.88 bits per heavy atom. The van der Waals surface area contributed by atoms with Gasteiger partial charge in [0, 0.05) is 34.9 Å². The lowest BCUT2D eigenvalue weighted by Crippen LogP contribution is -2.10. The minimum Gasteiger partial charge on any atom is -0.455 e. The molecule has 0 saturated carbocycles. The molecular weight excluding hydrogens is 406 g/mol. The van der Waals surface area contributed by atoms with Gasteiger partial charge in [-0.25, -0.2) is 4.98 Å². The Hall–Kier alpha value is -3.97. The van der Waals surface area contributed by atoms with Gasteiger partial charge in [-0.15, -0.1) is 0 Å². The first-order valence-corrected chi connectivity index (χ1v) is 10.7. The van der Waals surface area contributed by atoms with E-state index in [1.165, 1.54) is 12.3 Å². The predicted octanol–water partition coefficient (Wildman–Crippen LogP) is 7.48. The molecule has 0 bridgehead atoms. The Balaban J connectivity index is 1.70. The number of furan rings is 1. The van der Waals surface area contributed by atoms with Crippen LogP contribution in [-0.4, -0.2) is 9.97 Å². The summed E-state index contributed by atoms with van der Waals surface area (Å²) in [6.45, 7) is 2.72. The molecule has 0 unspecified atom stereocenters. The van der Waals surface area contributed by atoms with Gasteiger partial charge >= 0.3 is 0 Å². The van der Waals surface area contributed by atoms with E-state index in [0.29, 0.717) is 33.8 Å². The van der Waals surface area contributed by atoms with Gasteiger partial charge < -0.3 is 4.42 Å². The molecule has 5 rings (SSSR count). The number of benzene rings is 2. The van der Waals surface area contributed by atoms with Crippen molar-refractivity contribution in [2.24, 2.45) is 5.41 Å². The smallest absolute Gasteiger partial charge is 0.144 e. The Kier molecular flexibility index (Phi) is 3.76. The molecule has 2 aromatic carbocycles. The third-order valence-electron chi connectivity index (χ3n) is 5.35. The van der Waals surface area contributed by atoms with Crippen molar-refractivity contribution in [3.63, 3.8) is 0 Å². The van der Waals surface area contributed by atoms with Gasteiger partial charge in [-0.2, -0.15) is 5.26 Å². The highest BCUT2D eigenvalue weighted by molar-refractivity contribution is 6.10. The molecule has 0 aliphatic carbocycles. The first-order chi connectivity index (χ1) is 17.8. The molecule has 0 N–H and O–H groups in total. The fourth-order valence-electron chi connectivity index (χ4n) is 3.93. The van der Waals surface area contributed by atoms with Crippen molar-refractivity contribution < 1.29 is 11.3 Å². The Bertz CT molecular complexity index is 1740. The minimum atomic E-state index is -2.52. The number of aromatic nitrogens is 2. The topological polar surface area (TPSA) is 62.7 Å². The molecule has 33 heavy (non-hydrogen) atoms. The highest BCUT2D eigenvalue weighted by Crippen LogP contribution is 2.37. The van der Waals surface area contributed by atoms with Crippen LogP contribution < -0.4 is 0 Å². The van der Waals surface area contributed by atoms with Crippen molar-refractivity contribution in [2.45, 2.75) is 34.0 Å². The standard InChI is InChI=1S/C29H25N3O/c1-18-17-31-26(13-20(18)15-29(2,3)4)24-9-6-8-23-22-12-11-19(14-27(22)33-28(23)24)25-10-5-7-21(16-30)32-25/h5-14,17H,15H2,1-4H3/i1D3,15D2. The number of fused-ring (bicyclic) bond motifs is 3. The first kappa shape index (κ1) is 15.8. The maximum Gasteiger partial charge on any atom is 0.144 e. The molecule has 0 atom stereocenters. The summed E-state index contributed by atoms with van der Waals surface area (Å²) in [5, 5.41) is 10.9. The van der Waals surface area contributed by atoms with Crippen LogP contribution in [-0.2, 0) is 6.37 Å². The summed E-state index contributed by atoms with van der Waals surface area (Å²) < 4.78 is 47.9. The molecule has 3 aromatic heterocycles. The van der Waals surface area contributed by atoms with Gasteiger partial charge in [-0.3, -0.25) is 4.98 Å². The molecule has 0 fully saturated rings. The van der Waals surface area contributed by atoms with Gasteiger partial charge in [-0.1, -0.05) is 45.0 Å². The van der Waals surface area contributed by atoms with E-state index in [9.17, 15) is 5.26 Å². The van der Waals surface area contributed by atoms with E-state index in [4.69, 9.17) is 11.3 Å². The number of para-hydroxylation sites is 1. The van der Waals surface area contributed by atoms with E-state index >= 15 is 0 Å². The predicted molar refractivity (Wildman–Crippen MR) is 133 cm³/mol. The fraction of sp³-hybridized carbons (Fsp3) is 0.207. The maximum absolute atomic E-state index is 9.20. The Morgan fingerprint density at radius 3 is 2.67 bits per heavy atom. The summed E-state index contributed by atoms with van der Waals surface area (Å²) in [7, 11) is 0. The number of nitriles is 1. The molecule has 0 saturated heterocycles. The quantitative estimate of drug-likeness (QED) is 0.294. The van der Waals surface area contributed by atoms with Crippen LogP contribution in [0.2, 0.25) is 0 Å². The third-order valence-corrected chi connectivity index (χ3v) is 5.35. The van der Waals surface area contributed by atoms with E-state index < -0.39 is 18.6 Å². The molecule has 0 aliphatic rings. The molecule has 0 spiro atoms. The average Bonchev–Trinajstić information content (AvgIpc) is 3.25. The van der Waals surface area contributed by atoms with Gasteiger partial charge in [-0.05, 0) is 66.2 Å². The van der Waals surface area contributed by atoms with Crippen molar-refractivity contribution in [2.75, 3.05) is 0 Å². The zero-order valence-corrected chi connectivity index (χ0v) is 18.6. The second-order valence-electron chi connectivity index (χ2n) is 9.01. The summed E-state index contributed by atoms with van der Waals surface area (Å²) in [5.41, 5.74) is 3.16. The summed E-state index contributed by atoms with van der Waals surface area (Å²) >= 11 is 0. The largest absolute Gasteiger partial charge is 0.455 e. The van der Waals surface area contributed by atoms with Crippen LogP contribution >= 0.6 is 0 Å². The van der Waals surface area contributed by atoms with Crippen LogP contribution in [0.3, 0.4) is 0 Å². The van der Waals surface area contributed by atoms with Crippen molar-refractivity contribution >= 4 is 21.9 Å². The van der Waals surface area contributed by atoms with Crippen LogP contribution in [0.5, 0.6) is 0 Å². The van der Waals surface area contributed by atoms with Gasteiger partial charge in [0.1, 0.15) is 22.9 Å². The fourth-order valence-corrected chi connectivity index (χ4v) is 3.93. The summed E-state index contributed by atoms with van der Waals surface area (Å²) in [5.74, 6) is 0. The van der Waals surface area contributed by atoms with Crippen LogP contribution in [0.4, 0.5) is 0 Å². The van der Waals surface area contributed by atoms with Gasteiger partial charge in [0.15, 0.2) is 0 Å². The van der Waals surface area contributed by atoms with E-state index in [1.807, 2.05) is 42.5 Å². The van der Waals surface area contributed by atoms with Crippen LogP contribution in [0, 0.1) is 23.6 Å². The lowest BCUT2D eigenvalue weighted by atomic mass is 9.86. The average molecular weight is 437 g/mol. The van der Waals surface area contributed by atoms with Crippen LogP contribution in [0.1, 0.15) is 44.4 Å². The van der Waals surface area contributed by atoms with Crippen LogP contribution in [0.15, 0.2) is 71.3 Å². The van der Waals surface area contributed by atoms with E-state index in [2.05, 4.69) is 16.0 Å². The van der Waals surface area contributed by atoms with Gasteiger partial charge in [0.05, 0.1) is 11.4 Å². The van der Waals surface area contributed by atoms with Crippen molar-refractivity contribution in [1.82, 2.24) is 9.97 Å². The lowest BCUT2D eigenvalue weighted by molar-refractivity contribution is 0.410. The summed E-state index contributed by atoms with van der Waals surface area (Å²) in [4.78, 5) is 8.82. The normalized spacial score (nSPS) is 14.8. The molecule has 0 amide bonds. The second-order valence-corrected chi connectivity index (χ2v) is 9.01. The van der Waals surface area contributed by atoms with Crippen molar-refractivity contribution in [3.8, 4) is 28.6 Å². The first-order valence-electron chi connectivity index (χ1n) is 13.2. The van der Waals surface area contributed by atoms with Gasteiger partial charge in [0.2, 0.25) is 0 Å². The zero-order valence-electron chi connectivity index (χ0n) is 23.6. The number of hydrogen-bond donors (Lipinski definition) is 0. The van der Waals surface area contributed by atoms with Gasteiger partial charge in [0.25, 0.3) is 0 Å². The highest BCUT2D eigenvalue weighted by Gasteiger charge is 2.17. The van der Waals surface area contributed by atoms with Crippen molar-refractivity contribution in [1.29, 1.82) is 5.26 Å². The highest BCUT2D eigenvalue weighted by atomic mass is 16.3. The molecule has 5 aromatic rings. The molecule has 3 heterocycles. The SMILES string of the molecule is [2H]C([2H])([2H])c1cnc(-c2cccc3c2oc2cc(-c4cccc(C#N)n4)ccc23)cc1C([2H])([2H])C(C)(C)C. The minimum absolute atomic E-state index is 0.0915. The summed E-state index contributed by atoms with van der Waals surface area (Å²) in [6.07, 6.45) is -0.676. The molecule has 4 heteroatoms. The van der Waals surface area contributed by atoms with E-state index in [-0.39, 0.29) is 11.1 Å². The molecule has 4 nitrogen and oxygen atoms in total. The second kappa shape index (κ2) is 7.86. The number of pyridine rings is 2. The number of rotatable bonds is 3. The molecule has 162 valence electrons. The van der Waals surface area contributed by atoms with E-state index in [0.717, 1.165) is 16.3 Å². The Morgan fingerprint density at radius 1 is 1.03 bits per heavy atom. The lowest BCUT2D eigenvalue weighted by Gasteiger charge is -2.20. The third kappa shape index (κ3) is 3.99. The molecular formula is C29H25N3O. The zero-order chi connectivity index (χ0) is 27.5. The maximum atomic E-state index is 9.20. The molecule has 0 radical (unpaired) electrons. The summed E-state index contributed by atoms with van der Waals surface area (Å²) in [6, 6.07) is 20.2. The Labute approximate surface area is 200 Å². The molecule has 0 aliphatic heterocycles. The number of hydrogen-bond acceptors (Lipinski definition) is 4. The monoisotopic (exact) mass is 436 g/mol. The number of aryl methyl sites for hydroxylation is 1. The van der Waals surface area contributed by atoms with Crippen molar-refractivity contribution in [3.05, 3.63) is 83.7 Å². The van der Waals surface area contributed by atoms with E-state index in [1.54, 1.807) is 32.9 Å². The number of nitrogens with zero attached hydrogens (tertiary/aromatic N) is 3. The van der Waals surface area contributed by atoms with Crippen LogP contribution in [0.25, 0.3) is 44.5 Å².